The normalized spacial score (nSPS) is 27.5. The third-order valence-electron chi connectivity index (χ3n) is 6.53. The Bertz CT molecular complexity index is 461. The highest BCUT2D eigenvalue weighted by atomic mass is 16.7. The molecule has 198 valence electrons. The number of aliphatic hydroxyl groups is 4. The van der Waals surface area contributed by atoms with E-state index in [2.05, 4.69) is 11.8 Å². The average molecular weight is 479 g/mol. The molecule has 8 N–H and O–H groups in total. The Morgan fingerprint density at radius 3 is 1.85 bits per heavy atom. The Labute approximate surface area is 199 Å². The average Bonchev–Trinajstić information content (AvgIpc) is 2.81. The number of hydrogen-bond acceptors (Lipinski definition) is 9. The zero-order valence-electron chi connectivity index (χ0n) is 20.5. The maximum atomic E-state index is 10.3. The number of hydrogen-bond donors (Lipinski definition) is 6. The Balaban J connectivity index is 2.08. The molecule has 1 fully saturated rings. The molecule has 0 spiro atoms. The van der Waals surface area contributed by atoms with Crippen LogP contribution in [0.4, 0.5) is 0 Å². The summed E-state index contributed by atoms with van der Waals surface area (Å²) in [6, 6.07) is -0.644. The van der Waals surface area contributed by atoms with Gasteiger partial charge < -0.3 is 35.6 Å². The van der Waals surface area contributed by atoms with Gasteiger partial charge in [-0.05, 0) is 6.42 Å². The zero-order valence-corrected chi connectivity index (χ0v) is 20.5. The largest absolute Gasteiger partial charge is 0.394 e. The van der Waals surface area contributed by atoms with Crippen LogP contribution in [-0.4, -0.2) is 76.5 Å². The van der Waals surface area contributed by atoms with Gasteiger partial charge in [0.15, 0.2) is 6.29 Å². The number of ether oxygens (including phenoxy) is 2. The highest BCUT2D eigenvalue weighted by molar-refractivity contribution is 4.90. The summed E-state index contributed by atoms with van der Waals surface area (Å²) in [4.78, 5) is 4.61. The Hall–Kier alpha value is -0.360. The third-order valence-corrected chi connectivity index (χ3v) is 6.53. The van der Waals surface area contributed by atoms with Crippen LogP contribution in [0.25, 0.3) is 0 Å². The molecule has 0 aromatic carbocycles. The van der Waals surface area contributed by atoms with E-state index in [-0.39, 0.29) is 6.61 Å². The topological polar surface area (TPSA) is 161 Å². The fourth-order valence-corrected chi connectivity index (χ4v) is 4.25. The Kier molecular flexibility index (Phi) is 17.6. The van der Waals surface area contributed by atoms with Gasteiger partial charge in [0.1, 0.15) is 24.4 Å². The van der Waals surface area contributed by atoms with Crippen molar-refractivity contribution in [2.75, 3.05) is 13.2 Å². The molecular formula is C24H50N2O7. The van der Waals surface area contributed by atoms with Crippen molar-refractivity contribution >= 4 is 0 Å². The second-order valence-electron chi connectivity index (χ2n) is 9.40. The van der Waals surface area contributed by atoms with Gasteiger partial charge in [0, 0.05) is 0 Å². The molecule has 0 bridgehead atoms. The highest BCUT2D eigenvalue weighted by Crippen LogP contribution is 2.24. The Morgan fingerprint density at radius 2 is 1.36 bits per heavy atom. The van der Waals surface area contributed by atoms with Crippen LogP contribution in [-0.2, 0) is 14.3 Å². The maximum Gasteiger partial charge on any atom is 0.186 e. The van der Waals surface area contributed by atoms with Crippen LogP contribution < -0.4 is 11.6 Å². The van der Waals surface area contributed by atoms with Gasteiger partial charge in [0.25, 0.3) is 0 Å². The van der Waals surface area contributed by atoms with Crippen molar-refractivity contribution < 1.29 is 34.7 Å². The maximum absolute atomic E-state index is 10.3. The lowest BCUT2D eigenvalue weighted by molar-refractivity contribution is -0.309. The van der Waals surface area contributed by atoms with Crippen molar-refractivity contribution in [3.8, 4) is 0 Å². The van der Waals surface area contributed by atoms with Crippen LogP contribution >= 0.6 is 0 Å². The van der Waals surface area contributed by atoms with Gasteiger partial charge in [-0.25, -0.2) is 5.90 Å². The highest BCUT2D eigenvalue weighted by Gasteiger charge is 2.45. The summed E-state index contributed by atoms with van der Waals surface area (Å²) in [5.41, 5.74) is 6.02. The number of rotatable bonds is 20. The minimum atomic E-state index is -1.35. The zero-order chi connectivity index (χ0) is 24.5. The molecule has 0 saturated carbocycles. The molecule has 0 aliphatic carbocycles. The first-order valence-corrected chi connectivity index (χ1v) is 13.0. The molecule has 0 amide bonds. The van der Waals surface area contributed by atoms with Crippen LogP contribution in [0.1, 0.15) is 96.8 Å². The molecule has 0 radical (unpaired) electrons. The van der Waals surface area contributed by atoms with Gasteiger partial charge in [-0.1, -0.05) is 90.4 Å². The number of unbranched alkanes of at least 4 members (excludes halogenated alkanes) is 12. The Morgan fingerprint density at radius 1 is 0.848 bits per heavy atom. The quantitative estimate of drug-likeness (QED) is 0.113. The van der Waals surface area contributed by atoms with E-state index < -0.39 is 49.5 Å². The molecule has 1 rings (SSSR count). The van der Waals surface area contributed by atoms with E-state index in [4.69, 9.17) is 21.1 Å². The van der Waals surface area contributed by atoms with Gasteiger partial charge in [-0.3, -0.25) is 4.84 Å². The SMILES string of the molecule is CCCCCCCCCCCCCCC[C@@H](O)[C@@H](N)COC1OC(CO)C(O)C(ON)C1O. The van der Waals surface area contributed by atoms with Crippen LogP contribution in [0.2, 0.25) is 0 Å². The lowest BCUT2D eigenvalue weighted by Crippen LogP contribution is -2.61. The van der Waals surface area contributed by atoms with Gasteiger partial charge >= 0.3 is 0 Å². The summed E-state index contributed by atoms with van der Waals surface area (Å²) < 4.78 is 10.9. The van der Waals surface area contributed by atoms with Crippen molar-refractivity contribution in [1.82, 2.24) is 0 Å². The van der Waals surface area contributed by atoms with E-state index in [0.717, 1.165) is 12.8 Å². The lowest BCUT2D eigenvalue weighted by atomic mass is 9.99. The third kappa shape index (κ3) is 12.2. The van der Waals surface area contributed by atoms with E-state index in [0.29, 0.717) is 6.42 Å². The standard InChI is InChI=1S/C24H50N2O7/c1-2-3-4-5-6-7-8-9-10-11-12-13-14-15-19(28)18(25)17-31-24-22(30)23(33-26)21(29)20(16-27)32-24/h18-24,27-30H,2-17,25-26H2,1H3/t18-,19+,20?,21?,22?,23?,24?/m0/s1. The molecule has 7 atom stereocenters. The molecule has 1 aliphatic rings. The van der Waals surface area contributed by atoms with Crippen LogP contribution in [0.3, 0.4) is 0 Å². The predicted octanol–water partition coefficient (Wildman–Crippen LogP) is 1.87. The summed E-state index contributed by atoms with van der Waals surface area (Å²) >= 11 is 0. The molecule has 33 heavy (non-hydrogen) atoms. The summed E-state index contributed by atoms with van der Waals surface area (Å²) in [6.07, 6.45) is 10.4. The van der Waals surface area contributed by atoms with Crippen molar-refractivity contribution in [2.45, 2.75) is 140 Å². The van der Waals surface area contributed by atoms with Gasteiger partial charge in [-0.15, -0.1) is 0 Å². The van der Waals surface area contributed by atoms with Crippen molar-refractivity contribution in [3.63, 3.8) is 0 Å². The molecule has 1 aliphatic heterocycles. The summed E-state index contributed by atoms with van der Waals surface area (Å²) in [5, 5.41) is 39.8. The first-order valence-electron chi connectivity index (χ1n) is 13.0. The van der Waals surface area contributed by atoms with Crippen molar-refractivity contribution in [3.05, 3.63) is 0 Å². The number of aliphatic hydroxyl groups excluding tert-OH is 4. The smallest absolute Gasteiger partial charge is 0.186 e. The number of nitrogens with two attached hydrogens (primary N) is 2. The van der Waals surface area contributed by atoms with Crippen LogP contribution in [0.5, 0.6) is 0 Å². The molecule has 0 aromatic rings. The van der Waals surface area contributed by atoms with Crippen molar-refractivity contribution in [2.24, 2.45) is 11.6 Å². The second kappa shape index (κ2) is 18.9. The van der Waals surface area contributed by atoms with Crippen LogP contribution in [0, 0.1) is 0 Å². The van der Waals surface area contributed by atoms with E-state index in [9.17, 15) is 20.4 Å². The van der Waals surface area contributed by atoms with Gasteiger partial charge in [0.2, 0.25) is 0 Å². The van der Waals surface area contributed by atoms with E-state index in [1.54, 1.807) is 0 Å². The first kappa shape index (κ1) is 30.7. The van der Waals surface area contributed by atoms with Gasteiger partial charge in [0.05, 0.1) is 25.4 Å². The summed E-state index contributed by atoms with van der Waals surface area (Å²) in [6.45, 7) is 1.72. The second-order valence-corrected chi connectivity index (χ2v) is 9.40. The molecular weight excluding hydrogens is 428 g/mol. The lowest BCUT2D eigenvalue weighted by Gasteiger charge is -2.41. The molecule has 9 heteroatoms. The first-order chi connectivity index (χ1) is 16.0. The minimum Gasteiger partial charge on any atom is -0.394 e. The van der Waals surface area contributed by atoms with Gasteiger partial charge in [-0.2, -0.15) is 0 Å². The summed E-state index contributed by atoms with van der Waals surface area (Å²) in [7, 11) is 0. The monoisotopic (exact) mass is 478 g/mol. The fourth-order valence-electron chi connectivity index (χ4n) is 4.25. The molecule has 1 saturated heterocycles. The summed E-state index contributed by atoms with van der Waals surface area (Å²) in [5.74, 6) is 5.13. The predicted molar refractivity (Wildman–Crippen MR) is 127 cm³/mol. The van der Waals surface area contributed by atoms with Crippen LogP contribution in [0.15, 0.2) is 0 Å². The van der Waals surface area contributed by atoms with E-state index in [1.807, 2.05) is 0 Å². The minimum absolute atomic E-state index is 0.0487. The van der Waals surface area contributed by atoms with E-state index >= 15 is 0 Å². The molecule has 5 unspecified atom stereocenters. The molecule has 9 nitrogen and oxygen atoms in total. The van der Waals surface area contributed by atoms with Crippen molar-refractivity contribution in [1.29, 1.82) is 0 Å². The fraction of sp³-hybridized carbons (Fsp3) is 1.00. The molecule has 0 aromatic heterocycles. The molecule has 1 heterocycles. The van der Waals surface area contributed by atoms with E-state index in [1.165, 1.54) is 70.6 Å².